The normalized spacial score (nSPS) is 20.2. The molecule has 10 heteroatoms. The molecular weight excluding hydrogens is 359 g/mol. The molecule has 1 aliphatic carbocycles. The van der Waals surface area contributed by atoms with Crippen LogP contribution in [0.2, 0.25) is 5.02 Å². The summed E-state index contributed by atoms with van der Waals surface area (Å²) < 4.78 is 41.0. The summed E-state index contributed by atoms with van der Waals surface area (Å²) in [6.07, 6.45) is -0.489. The predicted octanol–water partition coefficient (Wildman–Crippen LogP) is 3.35. The molecule has 1 fully saturated rings. The van der Waals surface area contributed by atoms with Crippen molar-refractivity contribution in [2.24, 2.45) is 21.5 Å². The Hall–Kier alpha value is -2.16. The molecule has 1 aromatic rings. The van der Waals surface area contributed by atoms with Crippen molar-refractivity contribution < 1.29 is 17.9 Å². The van der Waals surface area contributed by atoms with Crippen LogP contribution in [-0.2, 0) is 0 Å². The largest absolute Gasteiger partial charge is 0.573 e. The summed E-state index contributed by atoms with van der Waals surface area (Å²) in [7, 11) is 0. The SMILES string of the molecule is NC1=NC2(CCCCC2)N(c2ccc(OC(F)(F)F)cc2Cl)C(N)=N1. The first-order chi connectivity index (χ1) is 11.7. The van der Waals surface area contributed by atoms with Crippen LogP contribution < -0.4 is 21.1 Å². The number of hydrogen-bond acceptors (Lipinski definition) is 6. The Morgan fingerprint density at radius 1 is 1.16 bits per heavy atom. The van der Waals surface area contributed by atoms with E-state index in [0.29, 0.717) is 18.5 Å². The van der Waals surface area contributed by atoms with Crippen LogP contribution in [0.15, 0.2) is 28.2 Å². The molecule has 0 saturated heterocycles. The van der Waals surface area contributed by atoms with Crippen molar-refractivity contribution in [2.45, 2.75) is 44.1 Å². The van der Waals surface area contributed by atoms with Gasteiger partial charge in [-0.05, 0) is 37.8 Å². The molecule has 0 aromatic heterocycles. The zero-order valence-corrected chi connectivity index (χ0v) is 13.9. The van der Waals surface area contributed by atoms with Gasteiger partial charge in [-0.3, -0.25) is 4.90 Å². The Labute approximate surface area is 147 Å². The van der Waals surface area contributed by atoms with Gasteiger partial charge in [0.25, 0.3) is 0 Å². The molecule has 136 valence electrons. The third-order valence-electron chi connectivity index (χ3n) is 4.25. The fourth-order valence-corrected chi connectivity index (χ4v) is 3.59. The lowest BCUT2D eigenvalue weighted by atomic mass is 9.87. The fourth-order valence-electron chi connectivity index (χ4n) is 3.34. The number of hydrogen-bond donors (Lipinski definition) is 2. The second-order valence-electron chi connectivity index (χ2n) is 5.98. The number of nitrogens with two attached hydrogens (primary N) is 2. The minimum absolute atomic E-state index is 0.0560. The minimum atomic E-state index is -4.79. The maximum Gasteiger partial charge on any atom is 0.573 e. The highest BCUT2D eigenvalue weighted by Gasteiger charge is 2.43. The number of guanidine groups is 2. The van der Waals surface area contributed by atoms with Gasteiger partial charge in [-0.25, -0.2) is 4.99 Å². The van der Waals surface area contributed by atoms with Crippen molar-refractivity contribution in [2.75, 3.05) is 4.90 Å². The molecule has 0 radical (unpaired) electrons. The number of anilines is 1. The van der Waals surface area contributed by atoms with Crippen LogP contribution >= 0.6 is 11.6 Å². The van der Waals surface area contributed by atoms with E-state index in [1.54, 1.807) is 4.90 Å². The number of halogens is 4. The number of alkyl halides is 3. The summed E-state index contributed by atoms with van der Waals surface area (Å²) in [5.74, 6) is -0.209. The van der Waals surface area contributed by atoms with Crippen molar-refractivity contribution in [3.05, 3.63) is 23.2 Å². The van der Waals surface area contributed by atoms with Gasteiger partial charge < -0.3 is 16.2 Å². The fraction of sp³-hybridized carbons (Fsp3) is 0.467. The maximum atomic E-state index is 12.4. The van der Waals surface area contributed by atoms with E-state index >= 15 is 0 Å². The van der Waals surface area contributed by atoms with E-state index < -0.39 is 17.8 Å². The van der Waals surface area contributed by atoms with Crippen LogP contribution in [0.25, 0.3) is 0 Å². The van der Waals surface area contributed by atoms with Gasteiger partial charge in [0, 0.05) is 6.07 Å². The number of rotatable bonds is 2. The van der Waals surface area contributed by atoms with Gasteiger partial charge in [0.2, 0.25) is 11.9 Å². The van der Waals surface area contributed by atoms with Gasteiger partial charge >= 0.3 is 6.36 Å². The predicted molar refractivity (Wildman–Crippen MR) is 89.7 cm³/mol. The van der Waals surface area contributed by atoms with Crippen molar-refractivity contribution in [1.29, 1.82) is 0 Å². The molecule has 3 rings (SSSR count). The summed E-state index contributed by atoms with van der Waals surface area (Å²) in [6, 6.07) is 3.69. The van der Waals surface area contributed by atoms with E-state index in [2.05, 4.69) is 14.7 Å². The molecule has 0 unspecified atom stereocenters. The van der Waals surface area contributed by atoms with Crippen LogP contribution in [-0.4, -0.2) is 23.9 Å². The molecule has 1 saturated carbocycles. The lowest BCUT2D eigenvalue weighted by Crippen LogP contribution is -2.58. The van der Waals surface area contributed by atoms with Crippen LogP contribution in [0.4, 0.5) is 18.9 Å². The highest BCUT2D eigenvalue weighted by atomic mass is 35.5. The van der Waals surface area contributed by atoms with Crippen molar-refractivity contribution in [3.8, 4) is 5.75 Å². The number of benzene rings is 1. The molecule has 1 spiro atoms. The van der Waals surface area contributed by atoms with E-state index in [1.165, 1.54) is 12.1 Å². The second kappa shape index (κ2) is 6.29. The zero-order chi connectivity index (χ0) is 18.2. The van der Waals surface area contributed by atoms with Gasteiger partial charge in [0.1, 0.15) is 11.4 Å². The third kappa shape index (κ3) is 3.60. The summed E-state index contributed by atoms with van der Waals surface area (Å²) in [5, 5.41) is 0.0560. The quantitative estimate of drug-likeness (QED) is 0.829. The van der Waals surface area contributed by atoms with E-state index in [4.69, 9.17) is 23.1 Å². The Balaban J connectivity index is 2.00. The third-order valence-corrected chi connectivity index (χ3v) is 4.55. The molecule has 2 aliphatic rings. The molecular formula is C15H17ClF3N5O. The van der Waals surface area contributed by atoms with E-state index in [0.717, 1.165) is 25.3 Å². The molecule has 1 aliphatic heterocycles. The lowest BCUT2D eigenvalue weighted by molar-refractivity contribution is -0.274. The smallest absolute Gasteiger partial charge is 0.406 e. The van der Waals surface area contributed by atoms with Gasteiger partial charge in [0.15, 0.2) is 0 Å². The van der Waals surface area contributed by atoms with E-state index in [-0.39, 0.29) is 16.9 Å². The first-order valence-electron chi connectivity index (χ1n) is 7.75. The lowest BCUT2D eigenvalue weighted by Gasteiger charge is -2.45. The van der Waals surface area contributed by atoms with Crippen LogP contribution in [0.1, 0.15) is 32.1 Å². The van der Waals surface area contributed by atoms with Crippen LogP contribution in [0.5, 0.6) is 5.75 Å². The van der Waals surface area contributed by atoms with Gasteiger partial charge in [-0.2, -0.15) is 4.99 Å². The average molecular weight is 376 g/mol. The highest BCUT2D eigenvalue weighted by molar-refractivity contribution is 6.34. The monoisotopic (exact) mass is 375 g/mol. The summed E-state index contributed by atoms with van der Waals surface area (Å²) in [6.45, 7) is 0. The van der Waals surface area contributed by atoms with Crippen molar-refractivity contribution in [1.82, 2.24) is 0 Å². The topological polar surface area (TPSA) is 89.2 Å². The minimum Gasteiger partial charge on any atom is -0.406 e. The van der Waals surface area contributed by atoms with Gasteiger partial charge in [0.05, 0.1) is 10.7 Å². The van der Waals surface area contributed by atoms with Crippen LogP contribution in [0.3, 0.4) is 0 Å². The Kier molecular flexibility index (Phi) is 4.44. The van der Waals surface area contributed by atoms with Crippen LogP contribution in [0, 0.1) is 0 Å². The first-order valence-corrected chi connectivity index (χ1v) is 8.13. The first kappa shape index (κ1) is 17.7. The Morgan fingerprint density at radius 2 is 1.84 bits per heavy atom. The van der Waals surface area contributed by atoms with Gasteiger partial charge in [-0.1, -0.05) is 18.0 Å². The molecule has 1 heterocycles. The molecule has 0 atom stereocenters. The van der Waals surface area contributed by atoms with E-state index in [9.17, 15) is 13.2 Å². The number of nitrogens with zero attached hydrogens (tertiary/aromatic N) is 3. The summed E-state index contributed by atoms with van der Waals surface area (Å²) in [4.78, 5) is 10.1. The Bertz CT molecular complexity index is 728. The van der Waals surface area contributed by atoms with Gasteiger partial charge in [-0.15, -0.1) is 13.2 Å². The second-order valence-corrected chi connectivity index (χ2v) is 6.39. The van der Waals surface area contributed by atoms with Crippen molar-refractivity contribution in [3.63, 3.8) is 0 Å². The van der Waals surface area contributed by atoms with Crippen molar-refractivity contribution >= 4 is 29.2 Å². The maximum absolute atomic E-state index is 12.4. The standard InChI is InChI=1S/C15H17ClF3N5O/c16-10-8-9(25-15(17,18)19)4-5-11(10)24-13(21)22-12(20)23-14(24)6-2-1-3-7-14/h4-5,8H,1-3,6-7H2,(H4,20,21,22,23). The zero-order valence-electron chi connectivity index (χ0n) is 13.2. The van der Waals surface area contributed by atoms with E-state index in [1.807, 2.05) is 0 Å². The summed E-state index contributed by atoms with van der Waals surface area (Å²) in [5.41, 5.74) is 11.5. The summed E-state index contributed by atoms with van der Waals surface area (Å²) >= 11 is 6.22. The molecule has 25 heavy (non-hydrogen) atoms. The molecule has 0 amide bonds. The number of aliphatic imine (C=N–C) groups is 2. The molecule has 4 N–H and O–H groups in total. The Morgan fingerprint density at radius 3 is 2.44 bits per heavy atom. The average Bonchev–Trinajstić information content (AvgIpc) is 2.48. The highest BCUT2D eigenvalue weighted by Crippen LogP contribution is 2.42. The molecule has 1 aromatic carbocycles. The molecule has 6 nitrogen and oxygen atoms in total. The molecule has 0 bridgehead atoms. The number of ether oxygens (including phenoxy) is 1.